The van der Waals surface area contributed by atoms with E-state index in [1.165, 1.54) is 11.4 Å². The molecule has 0 aromatic heterocycles. The van der Waals surface area contributed by atoms with Gasteiger partial charge in [0.05, 0.1) is 19.1 Å². The van der Waals surface area contributed by atoms with Crippen LogP contribution in [0.3, 0.4) is 0 Å². The number of halogens is 1. The van der Waals surface area contributed by atoms with Crippen molar-refractivity contribution in [3.05, 3.63) is 95.0 Å². The van der Waals surface area contributed by atoms with Crippen LogP contribution in [0.25, 0.3) is 0 Å². The minimum absolute atomic E-state index is 0.0428. The summed E-state index contributed by atoms with van der Waals surface area (Å²) in [7, 11) is -2.17. The van der Waals surface area contributed by atoms with Crippen molar-refractivity contribution in [3.8, 4) is 5.75 Å². The molecule has 0 aliphatic heterocycles. The molecule has 0 fully saturated rings. The maximum atomic E-state index is 13.8. The Morgan fingerprint density at radius 2 is 1.61 bits per heavy atom. The Kier molecular flexibility index (Phi) is 12.0. The molecule has 0 bridgehead atoms. The van der Waals surface area contributed by atoms with Crippen molar-refractivity contribution >= 4 is 39.1 Å². The summed E-state index contributed by atoms with van der Waals surface area (Å²) in [5, 5.41) is 3.53. The molecule has 0 radical (unpaired) electrons. The van der Waals surface area contributed by atoms with Crippen LogP contribution >= 0.6 is 11.6 Å². The molecule has 2 amide bonds. The maximum Gasteiger partial charge on any atom is 0.243 e. The highest BCUT2D eigenvalue weighted by molar-refractivity contribution is 7.92. The van der Waals surface area contributed by atoms with E-state index < -0.39 is 16.1 Å². The Labute approximate surface area is 248 Å². The summed E-state index contributed by atoms with van der Waals surface area (Å²) in [5.41, 5.74) is 2.16. The number of ether oxygens (including phenoxy) is 1. The molecule has 0 saturated carbocycles. The summed E-state index contributed by atoms with van der Waals surface area (Å²) in [6, 6.07) is 22.8. The van der Waals surface area contributed by atoms with Gasteiger partial charge in [0, 0.05) is 37.5 Å². The minimum atomic E-state index is -3.65. The van der Waals surface area contributed by atoms with Gasteiger partial charge in [0.15, 0.2) is 0 Å². The predicted octanol–water partition coefficient (Wildman–Crippen LogP) is 5.06. The second-order valence-electron chi connectivity index (χ2n) is 9.76. The number of carbonyl (C=O) groups is 2. The van der Waals surface area contributed by atoms with Crippen LogP contribution in [0.2, 0.25) is 5.02 Å². The molecule has 41 heavy (non-hydrogen) atoms. The minimum Gasteiger partial charge on any atom is -0.495 e. The van der Waals surface area contributed by atoms with Crippen molar-refractivity contribution in [2.45, 2.75) is 45.2 Å². The average molecular weight is 600 g/mol. The van der Waals surface area contributed by atoms with Crippen LogP contribution in [0, 0.1) is 0 Å². The van der Waals surface area contributed by atoms with E-state index in [-0.39, 0.29) is 37.7 Å². The summed E-state index contributed by atoms with van der Waals surface area (Å²) in [6.45, 7) is 2.74. The lowest BCUT2D eigenvalue weighted by atomic mass is 10.0. The normalized spacial score (nSPS) is 11.9. The second-order valence-corrected chi connectivity index (χ2v) is 12.1. The fourth-order valence-electron chi connectivity index (χ4n) is 4.52. The SMILES string of the molecule is CCCNC(=O)C(Cc1ccccc1)N(Cc1ccc(Cl)cc1)C(=O)CCCN(c1ccccc1OC)S(C)(=O)=O. The van der Waals surface area contributed by atoms with Crippen molar-refractivity contribution in [2.24, 2.45) is 0 Å². The summed E-state index contributed by atoms with van der Waals surface area (Å²) in [4.78, 5) is 28.9. The number of hydrogen-bond acceptors (Lipinski definition) is 5. The molecule has 1 atom stereocenters. The Bertz CT molecular complexity index is 1380. The number of benzene rings is 3. The molecule has 3 aromatic carbocycles. The van der Waals surface area contributed by atoms with E-state index in [0.717, 1.165) is 23.8 Å². The number of para-hydroxylation sites is 2. The number of hydrogen-bond donors (Lipinski definition) is 1. The Morgan fingerprint density at radius 1 is 0.951 bits per heavy atom. The number of amides is 2. The summed E-state index contributed by atoms with van der Waals surface area (Å²) >= 11 is 6.09. The highest BCUT2D eigenvalue weighted by Gasteiger charge is 2.30. The van der Waals surface area contributed by atoms with Crippen LogP contribution in [-0.4, -0.2) is 57.6 Å². The number of methoxy groups -OCH3 is 1. The summed E-state index contributed by atoms with van der Waals surface area (Å²) in [6.07, 6.45) is 2.52. The third-order valence-electron chi connectivity index (χ3n) is 6.59. The number of sulfonamides is 1. The van der Waals surface area contributed by atoms with E-state index >= 15 is 0 Å². The lowest BCUT2D eigenvalue weighted by Gasteiger charge is -2.32. The standard InChI is InChI=1S/C31H38ClN3O5S/c1-4-20-33-31(37)28(22-24-11-6-5-7-12-24)34(23-25-16-18-26(32)19-17-25)30(36)15-10-21-35(41(3,38)39)27-13-8-9-14-29(27)40-2/h5-9,11-14,16-19,28H,4,10,15,20-23H2,1-3H3,(H,33,37). The number of anilines is 1. The molecule has 3 rings (SSSR count). The van der Waals surface area contributed by atoms with Crippen LogP contribution in [0.4, 0.5) is 5.69 Å². The lowest BCUT2D eigenvalue weighted by molar-refractivity contribution is -0.141. The smallest absolute Gasteiger partial charge is 0.243 e. The molecule has 220 valence electrons. The molecule has 10 heteroatoms. The first-order chi connectivity index (χ1) is 19.6. The third-order valence-corrected chi connectivity index (χ3v) is 8.02. The molecular weight excluding hydrogens is 562 g/mol. The summed E-state index contributed by atoms with van der Waals surface area (Å²) < 4.78 is 32.0. The number of nitrogens with one attached hydrogen (secondary N) is 1. The van der Waals surface area contributed by atoms with Crippen molar-refractivity contribution in [1.82, 2.24) is 10.2 Å². The van der Waals surface area contributed by atoms with Gasteiger partial charge in [-0.3, -0.25) is 13.9 Å². The van der Waals surface area contributed by atoms with Gasteiger partial charge in [-0.25, -0.2) is 8.42 Å². The van der Waals surface area contributed by atoms with Crippen molar-refractivity contribution < 1.29 is 22.7 Å². The van der Waals surface area contributed by atoms with Crippen LogP contribution in [0.5, 0.6) is 5.75 Å². The molecular formula is C31H38ClN3O5S. The first kappa shape index (κ1) is 32.0. The first-order valence-electron chi connectivity index (χ1n) is 13.6. The Balaban J connectivity index is 1.88. The van der Waals surface area contributed by atoms with Gasteiger partial charge in [-0.2, -0.15) is 0 Å². The van der Waals surface area contributed by atoms with E-state index in [4.69, 9.17) is 16.3 Å². The maximum absolute atomic E-state index is 13.8. The number of nitrogens with zero attached hydrogens (tertiary/aromatic N) is 2. The van der Waals surface area contributed by atoms with Crippen molar-refractivity contribution in [1.29, 1.82) is 0 Å². The van der Waals surface area contributed by atoms with Gasteiger partial charge in [0.1, 0.15) is 11.8 Å². The van der Waals surface area contributed by atoms with Crippen LogP contribution in [-0.2, 0) is 32.6 Å². The molecule has 1 unspecified atom stereocenters. The fourth-order valence-corrected chi connectivity index (χ4v) is 5.62. The predicted molar refractivity (Wildman–Crippen MR) is 164 cm³/mol. The van der Waals surface area contributed by atoms with Gasteiger partial charge < -0.3 is 15.0 Å². The highest BCUT2D eigenvalue weighted by atomic mass is 35.5. The number of carbonyl (C=O) groups excluding carboxylic acids is 2. The molecule has 0 heterocycles. The monoisotopic (exact) mass is 599 g/mol. The molecule has 0 aliphatic carbocycles. The van der Waals surface area contributed by atoms with E-state index in [2.05, 4.69) is 5.32 Å². The van der Waals surface area contributed by atoms with E-state index in [1.54, 1.807) is 41.3 Å². The largest absolute Gasteiger partial charge is 0.495 e. The van der Waals surface area contributed by atoms with Gasteiger partial charge in [-0.1, -0.05) is 73.1 Å². The first-order valence-corrected chi connectivity index (χ1v) is 15.8. The van der Waals surface area contributed by atoms with E-state index in [0.29, 0.717) is 29.4 Å². The zero-order valence-electron chi connectivity index (χ0n) is 23.8. The average Bonchev–Trinajstić information content (AvgIpc) is 2.96. The van der Waals surface area contributed by atoms with E-state index in [1.807, 2.05) is 49.4 Å². The van der Waals surface area contributed by atoms with Gasteiger partial charge in [-0.05, 0) is 48.2 Å². The van der Waals surface area contributed by atoms with Crippen molar-refractivity contribution in [3.63, 3.8) is 0 Å². The summed E-state index contributed by atoms with van der Waals surface area (Å²) in [5.74, 6) is -0.0602. The molecule has 0 spiro atoms. The van der Waals surface area contributed by atoms with Gasteiger partial charge >= 0.3 is 0 Å². The van der Waals surface area contributed by atoms with Crippen LogP contribution < -0.4 is 14.4 Å². The van der Waals surface area contributed by atoms with Crippen LogP contribution in [0.15, 0.2) is 78.9 Å². The molecule has 3 aromatic rings. The second kappa shape index (κ2) is 15.4. The lowest BCUT2D eigenvalue weighted by Crippen LogP contribution is -2.50. The molecule has 0 saturated heterocycles. The number of rotatable bonds is 15. The molecule has 0 aliphatic rings. The Hall–Kier alpha value is -3.56. The van der Waals surface area contributed by atoms with Gasteiger partial charge in [-0.15, -0.1) is 0 Å². The molecule has 1 N–H and O–H groups in total. The van der Waals surface area contributed by atoms with E-state index in [9.17, 15) is 18.0 Å². The van der Waals surface area contributed by atoms with Gasteiger partial charge in [0.25, 0.3) is 0 Å². The third kappa shape index (κ3) is 9.50. The zero-order valence-corrected chi connectivity index (χ0v) is 25.3. The zero-order chi connectivity index (χ0) is 29.8. The Morgan fingerprint density at radius 3 is 2.24 bits per heavy atom. The fraction of sp³-hybridized carbons (Fsp3) is 0.355. The van der Waals surface area contributed by atoms with Crippen molar-refractivity contribution in [2.75, 3.05) is 30.8 Å². The van der Waals surface area contributed by atoms with Crippen LogP contribution in [0.1, 0.15) is 37.3 Å². The molecule has 8 nitrogen and oxygen atoms in total. The highest BCUT2D eigenvalue weighted by Crippen LogP contribution is 2.30. The van der Waals surface area contributed by atoms with Gasteiger partial charge in [0.2, 0.25) is 21.8 Å². The quantitative estimate of drug-likeness (QED) is 0.263. The topological polar surface area (TPSA) is 96.0 Å².